The first-order valence-electron chi connectivity index (χ1n) is 10.9. The number of carbonyl (C=O) groups excluding carboxylic acids is 1. The van der Waals surface area contributed by atoms with Crippen molar-refractivity contribution >= 4 is 40.0 Å². The van der Waals surface area contributed by atoms with Crippen molar-refractivity contribution in [3.8, 4) is 0 Å². The van der Waals surface area contributed by atoms with E-state index in [2.05, 4.69) is 29.4 Å². The van der Waals surface area contributed by atoms with E-state index in [-0.39, 0.29) is 17.3 Å². The third kappa shape index (κ3) is 4.64. The second kappa shape index (κ2) is 9.35. The number of nitrogens with zero attached hydrogens (tertiary/aromatic N) is 4. The number of halogens is 1. The van der Waals surface area contributed by atoms with Gasteiger partial charge in [0.25, 0.3) is 5.56 Å². The molecule has 0 saturated heterocycles. The minimum absolute atomic E-state index is 0.102. The molecule has 7 nitrogen and oxygen atoms in total. The fourth-order valence-electron chi connectivity index (χ4n) is 3.52. The maximum Gasteiger partial charge on any atom is 0.262 e. The van der Waals surface area contributed by atoms with Gasteiger partial charge in [0.05, 0.1) is 16.2 Å². The summed E-state index contributed by atoms with van der Waals surface area (Å²) in [5.41, 5.74) is 1.50. The molecule has 2 aromatic heterocycles. The van der Waals surface area contributed by atoms with Crippen LogP contribution in [0, 0.1) is 18.7 Å². The molecule has 4 aromatic rings. The van der Waals surface area contributed by atoms with Gasteiger partial charge in [0, 0.05) is 12.2 Å². The van der Waals surface area contributed by atoms with E-state index in [4.69, 9.17) is 0 Å². The van der Waals surface area contributed by atoms with Gasteiger partial charge in [0.2, 0.25) is 11.7 Å². The highest BCUT2D eigenvalue weighted by Crippen LogP contribution is 2.26. The Balaban J connectivity index is 1.68. The number of amides is 1. The van der Waals surface area contributed by atoms with Crippen molar-refractivity contribution in [3.05, 3.63) is 64.2 Å². The first-order valence-corrected chi connectivity index (χ1v) is 11.7. The van der Waals surface area contributed by atoms with E-state index in [1.807, 2.05) is 22.6 Å². The topological polar surface area (TPSA) is 81.3 Å². The molecule has 2 heterocycles. The first-order chi connectivity index (χ1) is 15.8. The first kappa shape index (κ1) is 23.0. The van der Waals surface area contributed by atoms with E-state index in [9.17, 15) is 14.0 Å². The molecule has 1 unspecified atom stereocenters. The Morgan fingerprint density at radius 2 is 1.91 bits per heavy atom. The summed E-state index contributed by atoms with van der Waals surface area (Å²) < 4.78 is 17.3. The minimum Gasteiger partial charge on any atom is -0.325 e. The van der Waals surface area contributed by atoms with Crippen LogP contribution in [0.2, 0.25) is 0 Å². The third-order valence-corrected chi connectivity index (χ3v) is 6.54. The molecule has 1 atom stereocenters. The van der Waals surface area contributed by atoms with Crippen LogP contribution in [0.25, 0.3) is 16.7 Å². The van der Waals surface area contributed by atoms with Crippen LogP contribution >= 0.6 is 11.8 Å². The molecule has 1 N–H and O–H groups in total. The largest absolute Gasteiger partial charge is 0.325 e. The molecule has 0 aliphatic rings. The smallest absolute Gasteiger partial charge is 0.262 e. The molecule has 2 aromatic carbocycles. The summed E-state index contributed by atoms with van der Waals surface area (Å²) in [5.74, 6) is 0.227. The number of thioether (sulfide) groups is 1. The fraction of sp³-hybridized carbons (Fsp3) is 0.333. The molecule has 0 radical (unpaired) electrons. The number of para-hydroxylation sites is 1. The molecular weight excluding hydrogens is 441 g/mol. The van der Waals surface area contributed by atoms with Crippen LogP contribution in [0.3, 0.4) is 0 Å². The number of hydrogen-bond acceptors (Lipinski definition) is 5. The lowest BCUT2D eigenvalue weighted by Crippen LogP contribution is -2.25. The Labute approximate surface area is 195 Å². The Morgan fingerprint density at radius 3 is 2.64 bits per heavy atom. The number of aryl methyl sites for hydroxylation is 2. The highest BCUT2D eigenvalue weighted by Gasteiger charge is 2.22. The van der Waals surface area contributed by atoms with Crippen LogP contribution in [0.1, 0.15) is 32.8 Å². The second-order valence-corrected chi connectivity index (χ2v) is 9.80. The van der Waals surface area contributed by atoms with E-state index in [0.717, 1.165) is 6.42 Å². The number of fused-ring (bicyclic) bond motifs is 3. The van der Waals surface area contributed by atoms with Crippen molar-refractivity contribution in [2.24, 2.45) is 5.92 Å². The zero-order chi connectivity index (χ0) is 23.7. The lowest BCUT2D eigenvalue weighted by molar-refractivity contribution is -0.115. The average Bonchev–Trinajstić information content (AvgIpc) is 3.19. The maximum absolute atomic E-state index is 13.8. The van der Waals surface area contributed by atoms with Gasteiger partial charge < -0.3 is 5.32 Å². The zero-order valence-corrected chi connectivity index (χ0v) is 19.8. The lowest BCUT2D eigenvalue weighted by atomic mass is 10.1. The van der Waals surface area contributed by atoms with Gasteiger partial charge in [-0.15, -0.1) is 10.2 Å². The number of benzene rings is 2. The van der Waals surface area contributed by atoms with Crippen molar-refractivity contribution < 1.29 is 9.18 Å². The summed E-state index contributed by atoms with van der Waals surface area (Å²) in [7, 11) is 0. The summed E-state index contributed by atoms with van der Waals surface area (Å²) >= 11 is 1.24. The van der Waals surface area contributed by atoms with E-state index < -0.39 is 5.25 Å². The maximum atomic E-state index is 13.8. The summed E-state index contributed by atoms with van der Waals surface area (Å²) in [6, 6.07) is 11.9. The summed E-state index contributed by atoms with van der Waals surface area (Å²) in [6.45, 7) is 8.16. The van der Waals surface area contributed by atoms with Crippen LogP contribution in [-0.2, 0) is 11.3 Å². The van der Waals surface area contributed by atoms with Crippen LogP contribution in [-0.4, -0.2) is 30.3 Å². The van der Waals surface area contributed by atoms with Gasteiger partial charge in [-0.25, -0.2) is 4.39 Å². The molecule has 1 amide bonds. The molecule has 4 rings (SSSR count). The zero-order valence-electron chi connectivity index (χ0n) is 19.0. The quantitative estimate of drug-likeness (QED) is 0.400. The Morgan fingerprint density at radius 1 is 1.15 bits per heavy atom. The molecule has 0 saturated carbocycles. The van der Waals surface area contributed by atoms with Gasteiger partial charge in [-0.05, 0) is 56.0 Å². The number of anilines is 1. The van der Waals surface area contributed by atoms with Crippen molar-refractivity contribution in [1.82, 2.24) is 19.2 Å². The fourth-order valence-corrected chi connectivity index (χ4v) is 4.38. The van der Waals surface area contributed by atoms with Gasteiger partial charge in [-0.2, -0.15) is 0 Å². The number of hydrogen-bond donors (Lipinski definition) is 1. The van der Waals surface area contributed by atoms with Crippen molar-refractivity contribution in [2.75, 3.05) is 5.32 Å². The molecule has 0 aliphatic heterocycles. The van der Waals surface area contributed by atoms with Gasteiger partial charge in [-0.3, -0.25) is 18.6 Å². The third-order valence-electron chi connectivity index (χ3n) is 5.50. The summed E-state index contributed by atoms with van der Waals surface area (Å²) in [5, 5.41) is 11.9. The van der Waals surface area contributed by atoms with Crippen molar-refractivity contribution in [2.45, 2.75) is 51.1 Å². The Hall–Kier alpha value is -3.20. The Bertz CT molecular complexity index is 1400. The molecular formula is C24H26FN5O2S. The number of rotatable bonds is 7. The molecule has 9 heteroatoms. The number of aromatic nitrogens is 4. The van der Waals surface area contributed by atoms with E-state index in [1.54, 1.807) is 36.6 Å². The van der Waals surface area contributed by atoms with Gasteiger partial charge in [-0.1, -0.05) is 43.8 Å². The van der Waals surface area contributed by atoms with E-state index >= 15 is 0 Å². The van der Waals surface area contributed by atoms with Crippen LogP contribution < -0.4 is 10.9 Å². The van der Waals surface area contributed by atoms with Gasteiger partial charge >= 0.3 is 0 Å². The van der Waals surface area contributed by atoms with Crippen molar-refractivity contribution in [3.63, 3.8) is 0 Å². The van der Waals surface area contributed by atoms with Crippen LogP contribution in [0.5, 0.6) is 0 Å². The Kier molecular flexibility index (Phi) is 6.51. The summed E-state index contributed by atoms with van der Waals surface area (Å²) in [4.78, 5) is 25.9. The van der Waals surface area contributed by atoms with E-state index in [0.29, 0.717) is 45.6 Å². The normalized spacial score (nSPS) is 12.5. The molecule has 0 spiro atoms. The van der Waals surface area contributed by atoms with E-state index in [1.165, 1.54) is 17.8 Å². The molecule has 172 valence electrons. The predicted octanol–water partition coefficient (Wildman–Crippen LogP) is 4.66. The molecule has 33 heavy (non-hydrogen) atoms. The standard InChI is InChI=1S/C24H26FN5O2S/c1-14(2)11-12-29-22(32)18-7-5-6-8-20(18)30-23(29)27-28-24(30)33-16(4)21(31)26-17-10-9-15(3)19(25)13-17/h5-10,13-14,16H,11-12H2,1-4H3,(H,26,31). The molecule has 0 bridgehead atoms. The minimum atomic E-state index is -0.531. The predicted molar refractivity (Wildman–Crippen MR) is 129 cm³/mol. The average molecular weight is 468 g/mol. The van der Waals surface area contributed by atoms with Gasteiger partial charge in [0.15, 0.2) is 5.16 Å². The van der Waals surface area contributed by atoms with Crippen molar-refractivity contribution in [1.29, 1.82) is 0 Å². The highest BCUT2D eigenvalue weighted by atomic mass is 32.2. The highest BCUT2D eigenvalue weighted by molar-refractivity contribution is 8.00. The van der Waals surface area contributed by atoms with Gasteiger partial charge in [0.1, 0.15) is 5.82 Å². The SMILES string of the molecule is Cc1ccc(NC(=O)C(C)Sc2nnc3n(CCC(C)C)c(=O)c4ccccc4n23)cc1F. The molecule has 0 fully saturated rings. The summed E-state index contributed by atoms with van der Waals surface area (Å²) in [6.07, 6.45) is 0.829. The number of carbonyl (C=O) groups is 1. The molecule has 0 aliphatic carbocycles. The van der Waals surface area contributed by atoms with Crippen LogP contribution in [0.4, 0.5) is 10.1 Å². The van der Waals surface area contributed by atoms with Crippen LogP contribution in [0.15, 0.2) is 52.4 Å². The monoisotopic (exact) mass is 467 g/mol. The number of nitrogens with one attached hydrogen (secondary N) is 1. The second-order valence-electron chi connectivity index (χ2n) is 8.49. The lowest BCUT2D eigenvalue weighted by Gasteiger charge is -2.14.